The van der Waals surface area contributed by atoms with Gasteiger partial charge in [-0.3, -0.25) is 4.79 Å². The maximum atomic E-state index is 12.0. The van der Waals surface area contributed by atoms with Gasteiger partial charge in [-0.1, -0.05) is 6.92 Å². The fraction of sp³-hybridized carbons (Fsp3) is 0.938. The zero-order valence-corrected chi connectivity index (χ0v) is 11.5. The Bertz CT molecular complexity index is 340. The van der Waals surface area contributed by atoms with Gasteiger partial charge in [-0.25, -0.2) is 0 Å². The highest BCUT2D eigenvalue weighted by Crippen LogP contribution is 2.59. The van der Waals surface area contributed by atoms with Crippen LogP contribution in [0.25, 0.3) is 0 Å². The monoisotopic (exact) mass is 247 g/mol. The molecular weight excluding hydrogens is 222 g/mol. The molecule has 0 unspecified atom stereocenters. The van der Waals surface area contributed by atoms with Gasteiger partial charge in [-0.2, -0.15) is 0 Å². The third kappa shape index (κ3) is 1.80. The molecule has 0 spiro atoms. The summed E-state index contributed by atoms with van der Waals surface area (Å²) in [6.45, 7) is 3.17. The molecule has 0 aromatic rings. The number of carbonyl (C=O) groups is 1. The van der Waals surface area contributed by atoms with E-state index in [0.717, 1.165) is 30.7 Å². The van der Waals surface area contributed by atoms with Crippen LogP contribution in [-0.4, -0.2) is 12.5 Å². The summed E-state index contributed by atoms with van der Waals surface area (Å²) >= 11 is 0. The molecule has 2 heteroatoms. The molecule has 4 bridgehead atoms. The highest BCUT2D eigenvalue weighted by Gasteiger charge is 2.51. The normalized spacial score (nSPS) is 52.4. The second-order valence-electron chi connectivity index (χ2n) is 7.95. The highest BCUT2D eigenvalue weighted by molar-refractivity contribution is 5.81. The summed E-state index contributed by atoms with van der Waals surface area (Å²) < 4.78 is 0. The summed E-state index contributed by atoms with van der Waals surface area (Å²) in [6, 6.07) is 0. The lowest BCUT2D eigenvalue weighted by Gasteiger charge is -2.56. The lowest BCUT2D eigenvalue weighted by Crippen LogP contribution is -2.51. The van der Waals surface area contributed by atoms with Crippen LogP contribution < -0.4 is 5.32 Å². The predicted octanol–water partition coefficient (Wildman–Crippen LogP) is 2.98. The molecule has 0 aliphatic heterocycles. The summed E-state index contributed by atoms with van der Waals surface area (Å²) in [5, 5.41) is 3.29. The molecule has 0 aromatic heterocycles. The SMILES string of the molecule is C[C@H]1C[C@H]1C(=O)NCC12CC3CC(CC(C3)C1)C2. The van der Waals surface area contributed by atoms with Gasteiger partial charge >= 0.3 is 0 Å². The maximum Gasteiger partial charge on any atom is 0.223 e. The molecule has 5 fully saturated rings. The first-order valence-corrected chi connectivity index (χ1v) is 7.91. The number of rotatable bonds is 3. The molecule has 0 radical (unpaired) electrons. The fourth-order valence-electron chi connectivity index (χ4n) is 5.60. The van der Waals surface area contributed by atoms with Gasteiger partial charge in [0.2, 0.25) is 5.91 Å². The van der Waals surface area contributed by atoms with E-state index in [-0.39, 0.29) is 0 Å². The minimum absolute atomic E-state index is 0.346. The van der Waals surface area contributed by atoms with E-state index in [0.29, 0.717) is 23.2 Å². The summed E-state index contributed by atoms with van der Waals surface area (Å²) in [6.07, 6.45) is 9.80. The van der Waals surface area contributed by atoms with E-state index in [1.165, 1.54) is 38.5 Å². The van der Waals surface area contributed by atoms with Crippen molar-refractivity contribution in [2.24, 2.45) is 35.0 Å². The molecule has 2 atom stereocenters. The van der Waals surface area contributed by atoms with Crippen molar-refractivity contribution in [2.45, 2.75) is 51.9 Å². The standard InChI is InChI=1S/C16H25NO/c1-10-2-14(10)15(18)17-9-16-6-11-3-12(7-16)5-13(4-11)8-16/h10-14H,2-9H2,1H3,(H,17,18)/t10-,11?,12?,13?,14+,16?/m0/s1. The van der Waals surface area contributed by atoms with Crippen molar-refractivity contribution in [3.63, 3.8) is 0 Å². The molecule has 5 aliphatic carbocycles. The molecular formula is C16H25NO. The minimum atomic E-state index is 0.346. The topological polar surface area (TPSA) is 29.1 Å². The first-order chi connectivity index (χ1) is 8.63. The summed E-state index contributed by atoms with van der Waals surface area (Å²) in [4.78, 5) is 12.0. The summed E-state index contributed by atoms with van der Waals surface area (Å²) in [5.41, 5.74) is 0.503. The number of hydrogen-bond acceptors (Lipinski definition) is 1. The molecule has 2 nitrogen and oxygen atoms in total. The van der Waals surface area contributed by atoms with Crippen molar-refractivity contribution in [1.82, 2.24) is 5.32 Å². The van der Waals surface area contributed by atoms with Crippen LogP contribution in [0.2, 0.25) is 0 Å². The van der Waals surface area contributed by atoms with Crippen LogP contribution in [0, 0.1) is 35.0 Å². The van der Waals surface area contributed by atoms with E-state index < -0.39 is 0 Å². The molecule has 100 valence electrons. The Morgan fingerprint density at radius 3 is 2.00 bits per heavy atom. The molecule has 0 aromatic carbocycles. The number of amides is 1. The third-order valence-corrected chi connectivity index (χ3v) is 6.25. The van der Waals surface area contributed by atoms with Crippen LogP contribution in [0.15, 0.2) is 0 Å². The van der Waals surface area contributed by atoms with Gasteiger partial charge in [-0.05, 0) is 74.0 Å². The second-order valence-corrected chi connectivity index (χ2v) is 7.95. The molecule has 5 rings (SSSR count). The predicted molar refractivity (Wildman–Crippen MR) is 70.9 cm³/mol. The average Bonchev–Trinajstić information content (AvgIpc) is 3.02. The van der Waals surface area contributed by atoms with Gasteiger partial charge in [-0.15, -0.1) is 0 Å². The lowest BCUT2D eigenvalue weighted by atomic mass is 9.49. The van der Waals surface area contributed by atoms with Crippen molar-refractivity contribution in [3.05, 3.63) is 0 Å². The Morgan fingerprint density at radius 2 is 1.56 bits per heavy atom. The number of carbonyl (C=O) groups excluding carboxylic acids is 1. The Kier molecular flexibility index (Phi) is 2.35. The maximum absolute atomic E-state index is 12.0. The van der Waals surface area contributed by atoms with Gasteiger partial charge in [0.25, 0.3) is 0 Å². The van der Waals surface area contributed by atoms with Crippen molar-refractivity contribution in [1.29, 1.82) is 0 Å². The average molecular weight is 247 g/mol. The smallest absolute Gasteiger partial charge is 0.223 e. The Labute approximate surface area is 110 Å². The quantitative estimate of drug-likeness (QED) is 0.816. The van der Waals surface area contributed by atoms with Crippen LogP contribution >= 0.6 is 0 Å². The van der Waals surface area contributed by atoms with E-state index >= 15 is 0 Å². The van der Waals surface area contributed by atoms with Gasteiger partial charge in [0.1, 0.15) is 0 Å². The van der Waals surface area contributed by atoms with Crippen LogP contribution in [-0.2, 0) is 4.79 Å². The van der Waals surface area contributed by atoms with Gasteiger partial charge in [0.15, 0.2) is 0 Å². The van der Waals surface area contributed by atoms with Crippen LogP contribution in [0.5, 0.6) is 0 Å². The molecule has 5 aliphatic rings. The van der Waals surface area contributed by atoms with Crippen molar-refractivity contribution >= 4 is 5.91 Å². The van der Waals surface area contributed by atoms with Crippen LogP contribution in [0.3, 0.4) is 0 Å². The third-order valence-electron chi connectivity index (χ3n) is 6.25. The zero-order valence-electron chi connectivity index (χ0n) is 11.5. The Morgan fingerprint density at radius 1 is 1.06 bits per heavy atom. The first-order valence-electron chi connectivity index (χ1n) is 7.91. The van der Waals surface area contributed by atoms with E-state index in [9.17, 15) is 4.79 Å². The van der Waals surface area contributed by atoms with Gasteiger partial charge in [0, 0.05) is 12.5 Å². The van der Waals surface area contributed by atoms with Crippen molar-refractivity contribution in [3.8, 4) is 0 Å². The zero-order chi connectivity index (χ0) is 12.3. The Balaban J connectivity index is 1.40. The van der Waals surface area contributed by atoms with Crippen molar-refractivity contribution < 1.29 is 4.79 Å². The molecule has 0 heterocycles. The lowest BCUT2D eigenvalue weighted by molar-refractivity contribution is -0.124. The summed E-state index contributed by atoms with van der Waals surface area (Å²) in [7, 11) is 0. The van der Waals surface area contributed by atoms with Crippen LogP contribution in [0.4, 0.5) is 0 Å². The van der Waals surface area contributed by atoms with E-state index in [1.807, 2.05) is 0 Å². The summed E-state index contributed by atoms with van der Waals surface area (Å²) in [5.74, 6) is 4.31. The fourth-order valence-corrected chi connectivity index (χ4v) is 5.60. The molecule has 5 saturated carbocycles. The molecule has 18 heavy (non-hydrogen) atoms. The van der Waals surface area contributed by atoms with E-state index in [1.54, 1.807) is 0 Å². The molecule has 1 amide bonds. The van der Waals surface area contributed by atoms with Crippen molar-refractivity contribution in [2.75, 3.05) is 6.54 Å². The molecule has 1 N–H and O–H groups in total. The first kappa shape index (κ1) is 11.3. The molecule has 0 saturated heterocycles. The largest absolute Gasteiger partial charge is 0.355 e. The Hall–Kier alpha value is -0.530. The van der Waals surface area contributed by atoms with E-state index in [4.69, 9.17) is 0 Å². The van der Waals surface area contributed by atoms with E-state index in [2.05, 4.69) is 12.2 Å². The highest BCUT2D eigenvalue weighted by atomic mass is 16.2. The van der Waals surface area contributed by atoms with Gasteiger partial charge < -0.3 is 5.32 Å². The number of hydrogen-bond donors (Lipinski definition) is 1. The van der Waals surface area contributed by atoms with Crippen LogP contribution in [0.1, 0.15) is 51.9 Å². The second kappa shape index (κ2) is 3.74. The number of nitrogens with one attached hydrogen (secondary N) is 1. The van der Waals surface area contributed by atoms with Gasteiger partial charge in [0.05, 0.1) is 0 Å². The minimum Gasteiger partial charge on any atom is -0.355 e.